The zero-order valence-corrected chi connectivity index (χ0v) is 10.6. The Labute approximate surface area is 103 Å². The van der Waals surface area contributed by atoms with Crippen molar-refractivity contribution in [3.8, 4) is 11.1 Å². The number of hydrogen-bond acceptors (Lipinski definition) is 1. The van der Waals surface area contributed by atoms with E-state index < -0.39 is 0 Å². The summed E-state index contributed by atoms with van der Waals surface area (Å²) in [6, 6.07) is 11.0. The van der Waals surface area contributed by atoms with Gasteiger partial charge in [-0.15, -0.1) is 0 Å². The third-order valence-corrected chi connectivity index (χ3v) is 3.51. The van der Waals surface area contributed by atoms with Gasteiger partial charge in [0.1, 0.15) is 0 Å². The first-order valence-corrected chi connectivity index (χ1v) is 6.13. The molecule has 0 saturated carbocycles. The second kappa shape index (κ2) is 3.43. The van der Waals surface area contributed by atoms with E-state index in [1.807, 2.05) is 12.3 Å². The maximum Gasteiger partial charge on any atom is 0.0525 e. The average Bonchev–Trinajstić information content (AvgIpc) is 2.65. The van der Waals surface area contributed by atoms with Crippen molar-refractivity contribution < 1.29 is 0 Å². The summed E-state index contributed by atoms with van der Waals surface area (Å²) in [6.07, 6.45) is 2.87. The molecule has 17 heavy (non-hydrogen) atoms. The van der Waals surface area contributed by atoms with E-state index in [1.165, 1.54) is 27.9 Å². The molecule has 1 nitrogen and oxygen atoms in total. The van der Waals surface area contributed by atoms with Crippen molar-refractivity contribution in [1.29, 1.82) is 0 Å². The normalized spacial score (nSPS) is 13.4. The van der Waals surface area contributed by atoms with E-state index in [4.69, 9.17) is 0 Å². The summed E-state index contributed by atoms with van der Waals surface area (Å²) in [5.74, 6) is 0. The Bertz CT molecular complexity index is 576. The fourth-order valence-corrected chi connectivity index (χ4v) is 2.47. The SMILES string of the molecule is CC(C)(C)c1ccc2c(c1)Cc1ncccc1-2. The first-order chi connectivity index (χ1) is 8.05. The highest BCUT2D eigenvalue weighted by atomic mass is 14.7. The van der Waals surface area contributed by atoms with Crippen molar-refractivity contribution in [3.63, 3.8) is 0 Å². The summed E-state index contributed by atoms with van der Waals surface area (Å²) in [5, 5.41) is 0. The van der Waals surface area contributed by atoms with Gasteiger partial charge < -0.3 is 0 Å². The van der Waals surface area contributed by atoms with Crippen molar-refractivity contribution in [1.82, 2.24) is 4.98 Å². The van der Waals surface area contributed by atoms with Crippen molar-refractivity contribution >= 4 is 0 Å². The van der Waals surface area contributed by atoms with Crippen LogP contribution in [-0.4, -0.2) is 4.98 Å². The molecular formula is C16H17N. The van der Waals surface area contributed by atoms with E-state index in [-0.39, 0.29) is 5.41 Å². The van der Waals surface area contributed by atoms with Gasteiger partial charge in [-0.05, 0) is 28.2 Å². The minimum absolute atomic E-state index is 0.219. The van der Waals surface area contributed by atoms with E-state index in [0.717, 1.165) is 6.42 Å². The largest absolute Gasteiger partial charge is 0.260 e. The van der Waals surface area contributed by atoms with Crippen LogP contribution in [0.4, 0.5) is 0 Å². The van der Waals surface area contributed by atoms with Gasteiger partial charge in [0.05, 0.1) is 5.69 Å². The Hall–Kier alpha value is -1.63. The maximum atomic E-state index is 4.47. The van der Waals surface area contributed by atoms with E-state index in [2.05, 4.69) is 50.0 Å². The zero-order valence-electron chi connectivity index (χ0n) is 10.6. The highest BCUT2D eigenvalue weighted by Gasteiger charge is 2.21. The first-order valence-electron chi connectivity index (χ1n) is 6.13. The Morgan fingerprint density at radius 1 is 1.06 bits per heavy atom. The molecule has 0 amide bonds. The van der Waals surface area contributed by atoms with Crippen LogP contribution in [0, 0.1) is 0 Å². The predicted octanol–water partition coefficient (Wildman–Crippen LogP) is 3.95. The van der Waals surface area contributed by atoms with Gasteiger partial charge in [0.25, 0.3) is 0 Å². The van der Waals surface area contributed by atoms with E-state index >= 15 is 0 Å². The van der Waals surface area contributed by atoms with Crippen LogP contribution in [0.25, 0.3) is 11.1 Å². The van der Waals surface area contributed by atoms with Gasteiger partial charge in [-0.25, -0.2) is 0 Å². The molecule has 1 aromatic carbocycles. The number of fused-ring (bicyclic) bond motifs is 3. The molecule has 0 aliphatic heterocycles. The second-order valence-corrected chi connectivity index (χ2v) is 5.80. The molecule has 0 unspecified atom stereocenters. The molecule has 1 aromatic heterocycles. The van der Waals surface area contributed by atoms with Crippen LogP contribution >= 0.6 is 0 Å². The second-order valence-electron chi connectivity index (χ2n) is 5.80. The van der Waals surface area contributed by atoms with Crippen molar-refractivity contribution in [2.75, 3.05) is 0 Å². The van der Waals surface area contributed by atoms with Crippen LogP contribution in [0.1, 0.15) is 37.6 Å². The number of benzene rings is 1. The minimum Gasteiger partial charge on any atom is -0.260 e. The summed E-state index contributed by atoms with van der Waals surface area (Å²) in [4.78, 5) is 4.47. The highest BCUT2D eigenvalue weighted by Crippen LogP contribution is 2.37. The number of hydrogen-bond donors (Lipinski definition) is 0. The molecule has 0 atom stereocenters. The van der Waals surface area contributed by atoms with Gasteiger partial charge in [0, 0.05) is 18.2 Å². The molecule has 0 radical (unpaired) electrons. The lowest BCUT2D eigenvalue weighted by molar-refractivity contribution is 0.589. The van der Waals surface area contributed by atoms with E-state index in [1.54, 1.807) is 0 Å². The van der Waals surface area contributed by atoms with Gasteiger partial charge >= 0.3 is 0 Å². The van der Waals surface area contributed by atoms with Gasteiger partial charge in [-0.3, -0.25) is 4.98 Å². The monoisotopic (exact) mass is 223 g/mol. The molecule has 0 saturated heterocycles. The smallest absolute Gasteiger partial charge is 0.0525 e. The third-order valence-electron chi connectivity index (χ3n) is 3.51. The van der Waals surface area contributed by atoms with Crippen molar-refractivity contribution in [2.24, 2.45) is 0 Å². The fourth-order valence-electron chi connectivity index (χ4n) is 2.47. The zero-order chi connectivity index (χ0) is 12.0. The molecule has 1 aliphatic carbocycles. The molecule has 3 rings (SSSR count). The van der Waals surface area contributed by atoms with Gasteiger partial charge in [0.2, 0.25) is 0 Å². The Balaban J connectivity index is 2.13. The summed E-state index contributed by atoms with van der Waals surface area (Å²) < 4.78 is 0. The summed E-state index contributed by atoms with van der Waals surface area (Å²) >= 11 is 0. The average molecular weight is 223 g/mol. The molecule has 0 bridgehead atoms. The number of pyridine rings is 1. The number of nitrogens with zero attached hydrogens (tertiary/aromatic N) is 1. The van der Waals surface area contributed by atoms with Crippen LogP contribution in [0.15, 0.2) is 36.5 Å². The van der Waals surface area contributed by atoms with Crippen molar-refractivity contribution in [2.45, 2.75) is 32.6 Å². The summed E-state index contributed by atoms with van der Waals surface area (Å²) in [6.45, 7) is 6.78. The van der Waals surface area contributed by atoms with Gasteiger partial charge in [-0.2, -0.15) is 0 Å². The lowest BCUT2D eigenvalue weighted by Crippen LogP contribution is -2.11. The Morgan fingerprint density at radius 2 is 1.88 bits per heavy atom. The van der Waals surface area contributed by atoms with Crippen LogP contribution < -0.4 is 0 Å². The molecule has 0 spiro atoms. The topological polar surface area (TPSA) is 12.9 Å². The van der Waals surface area contributed by atoms with E-state index in [9.17, 15) is 0 Å². The first kappa shape index (κ1) is 10.5. The molecule has 1 aliphatic rings. The third kappa shape index (κ3) is 1.66. The molecule has 86 valence electrons. The van der Waals surface area contributed by atoms with Crippen LogP contribution in [0.2, 0.25) is 0 Å². The van der Waals surface area contributed by atoms with Crippen LogP contribution in [0.3, 0.4) is 0 Å². The lowest BCUT2D eigenvalue weighted by atomic mass is 9.85. The quantitative estimate of drug-likeness (QED) is 0.562. The van der Waals surface area contributed by atoms with Crippen LogP contribution in [0.5, 0.6) is 0 Å². The molecule has 0 N–H and O–H groups in total. The Morgan fingerprint density at radius 3 is 2.65 bits per heavy atom. The summed E-state index contributed by atoms with van der Waals surface area (Å²) in [5.41, 5.74) is 6.94. The molecule has 1 heteroatoms. The molecule has 2 aromatic rings. The lowest BCUT2D eigenvalue weighted by Gasteiger charge is -2.20. The van der Waals surface area contributed by atoms with Gasteiger partial charge in [-0.1, -0.05) is 45.0 Å². The number of rotatable bonds is 0. The highest BCUT2D eigenvalue weighted by molar-refractivity contribution is 5.75. The van der Waals surface area contributed by atoms with Crippen LogP contribution in [-0.2, 0) is 11.8 Å². The Kier molecular flexibility index (Phi) is 2.12. The molecule has 0 fully saturated rings. The molecular weight excluding hydrogens is 206 g/mol. The minimum atomic E-state index is 0.219. The van der Waals surface area contributed by atoms with Crippen molar-refractivity contribution in [3.05, 3.63) is 53.3 Å². The fraction of sp³-hybridized carbons (Fsp3) is 0.312. The summed E-state index contributed by atoms with van der Waals surface area (Å²) in [7, 11) is 0. The van der Waals surface area contributed by atoms with Gasteiger partial charge in [0.15, 0.2) is 0 Å². The maximum absolute atomic E-state index is 4.47. The predicted molar refractivity (Wildman–Crippen MR) is 71.2 cm³/mol. The molecule has 1 heterocycles. The standard InChI is InChI=1S/C16H17N/c1-16(2,3)12-6-7-13-11(9-12)10-15-14(13)5-4-8-17-15/h4-9H,10H2,1-3H3. The van der Waals surface area contributed by atoms with E-state index in [0.29, 0.717) is 0 Å². The number of aromatic nitrogens is 1.